The average molecular weight is 629 g/mol. The number of allylic oxidation sites excluding steroid dienone is 2. The Morgan fingerprint density at radius 2 is 1.64 bits per heavy atom. The lowest BCUT2D eigenvalue weighted by Crippen LogP contribution is -2.37. The van der Waals surface area contributed by atoms with Crippen LogP contribution >= 0.6 is 11.6 Å². The zero-order chi connectivity index (χ0) is 33.2. The molecule has 0 saturated heterocycles. The first-order valence-electron chi connectivity index (χ1n) is 16.3. The summed E-state index contributed by atoms with van der Waals surface area (Å²) in [5.41, 5.74) is 3.25. The molecule has 1 saturated carbocycles. The Labute approximate surface area is 271 Å². The second kappa shape index (κ2) is 21.1. The fraction of sp³-hybridized carbons (Fsp3) is 0.611. The van der Waals surface area contributed by atoms with Gasteiger partial charge in [0.15, 0.2) is 5.78 Å². The second-order valence-electron chi connectivity index (χ2n) is 12.2. The van der Waals surface area contributed by atoms with Crippen LogP contribution in [0.4, 0.5) is 0 Å². The number of fused-ring (bicyclic) bond motifs is 1. The Bertz CT molecular complexity index is 1250. The Hall–Kier alpha value is -2.77. The highest BCUT2D eigenvalue weighted by atomic mass is 35.5. The number of ketones is 2. The lowest BCUT2D eigenvalue weighted by atomic mass is 9.87. The van der Waals surface area contributed by atoms with E-state index in [1.165, 1.54) is 25.9 Å². The minimum atomic E-state index is -0.0795. The van der Waals surface area contributed by atoms with E-state index in [1.54, 1.807) is 38.5 Å². The number of hydrogen-bond donors (Lipinski definition) is 1. The van der Waals surface area contributed by atoms with Crippen molar-refractivity contribution in [3.8, 4) is 0 Å². The van der Waals surface area contributed by atoms with Gasteiger partial charge >= 0.3 is 0 Å². The molecule has 1 aromatic heterocycles. The quantitative estimate of drug-likeness (QED) is 0.189. The van der Waals surface area contributed by atoms with Crippen LogP contribution in [-0.2, 0) is 16.1 Å². The number of aliphatic imine (C=N–C) groups is 1. The van der Waals surface area contributed by atoms with E-state index in [0.29, 0.717) is 17.0 Å². The van der Waals surface area contributed by atoms with Gasteiger partial charge in [-0.3, -0.25) is 19.4 Å². The SMILES string of the molecule is CC(=O)Cn1cc(C(=O)NC2CCC(C)CC2)c2cc(Cl)ccc21.CCCC(=O)C(C=NC)=C(C)C.CCCN(C)CCC. The number of nitrogens with one attached hydrogen (secondary N) is 1. The van der Waals surface area contributed by atoms with Gasteiger partial charge in [0.2, 0.25) is 0 Å². The van der Waals surface area contributed by atoms with Gasteiger partial charge < -0.3 is 14.8 Å². The third kappa shape index (κ3) is 13.9. The third-order valence-corrected chi connectivity index (χ3v) is 7.85. The second-order valence-corrected chi connectivity index (χ2v) is 12.7. The van der Waals surface area contributed by atoms with E-state index in [4.69, 9.17) is 11.6 Å². The van der Waals surface area contributed by atoms with Gasteiger partial charge in [0.05, 0.1) is 12.1 Å². The number of halogens is 1. The summed E-state index contributed by atoms with van der Waals surface area (Å²) in [5.74, 6) is 0.914. The maximum Gasteiger partial charge on any atom is 0.253 e. The Balaban J connectivity index is 0.000000404. The van der Waals surface area contributed by atoms with Gasteiger partial charge in [-0.2, -0.15) is 0 Å². The van der Waals surface area contributed by atoms with E-state index in [2.05, 4.69) is 43.0 Å². The van der Waals surface area contributed by atoms with Crippen LogP contribution in [-0.4, -0.2) is 66.4 Å². The molecule has 0 atom stereocenters. The molecule has 1 aromatic carbocycles. The van der Waals surface area contributed by atoms with Gasteiger partial charge in [0.1, 0.15) is 5.78 Å². The number of aromatic nitrogens is 1. The predicted octanol–water partition coefficient (Wildman–Crippen LogP) is 8.32. The first-order chi connectivity index (χ1) is 20.9. The monoisotopic (exact) mass is 628 g/mol. The van der Waals surface area contributed by atoms with Crippen LogP contribution in [0.25, 0.3) is 10.9 Å². The summed E-state index contributed by atoms with van der Waals surface area (Å²) in [6, 6.07) is 5.68. The number of benzene rings is 1. The first-order valence-corrected chi connectivity index (χ1v) is 16.7. The van der Waals surface area contributed by atoms with E-state index in [1.807, 2.05) is 31.4 Å². The van der Waals surface area contributed by atoms with Crippen LogP contribution in [0.5, 0.6) is 0 Å². The maximum absolute atomic E-state index is 12.8. The minimum absolute atomic E-state index is 0.0510. The van der Waals surface area contributed by atoms with Crippen LogP contribution in [0.1, 0.15) is 110 Å². The molecule has 0 radical (unpaired) electrons. The lowest BCUT2D eigenvalue weighted by molar-refractivity contribution is -0.117. The Kier molecular flexibility index (Phi) is 18.8. The first kappa shape index (κ1) is 39.3. The van der Waals surface area contributed by atoms with Crippen LogP contribution in [0, 0.1) is 5.92 Å². The standard InChI is InChI=1S/C19H23ClN2O2.C10H17NO.C7H17N/c1-12-3-6-15(7-4-12)21-19(24)17-11-22(10-13(2)23)18-8-5-14(20)9-16(17)18;1-5-6-10(12)9(7-11-4)8(2)3;1-4-6-8(3)7-5-2/h5,8-9,11-12,15H,3-4,6-7,10H2,1-2H3,(H,21,24);7H,5-6H2,1-4H3;4-7H2,1-3H3. The van der Waals surface area contributed by atoms with Gasteiger partial charge in [-0.15, -0.1) is 0 Å². The fourth-order valence-corrected chi connectivity index (χ4v) is 5.51. The number of carbonyl (C=O) groups excluding carboxylic acids is 3. The van der Waals surface area contributed by atoms with Crippen molar-refractivity contribution < 1.29 is 14.4 Å². The van der Waals surface area contributed by atoms with E-state index < -0.39 is 0 Å². The normalized spacial score (nSPS) is 16.2. The van der Waals surface area contributed by atoms with E-state index in [9.17, 15) is 14.4 Å². The molecule has 0 aliphatic heterocycles. The summed E-state index contributed by atoms with van der Waals surface area (Å²) in [6.07, 6.45) is 11.8. The highest BCUT2D eigenvalue weighted by Gasteiger charge is 2.22. The number of rotatable bonds is 12. The molecule has 7 nitrogen and oxygen atoms in total. The Morgan fingerprint density at radius 3 is 2.14 bits per heavy atom. The van der Waals surface area contributed by atoms with Crippen LogP contribution in [0.15, 0.2) is 40.5 Å². The van der Waals surface area contributed by atoms with Crippen molar-refractivity contribution in [2.24, 2.45) is 10.9 Å². The van der Waals surface area contributed by atoms with Gasteiger partial charge in [-0.05, 0) is 110 Å². The van der Waals surface area contributed by atoms with Crippen molar-refractivity contribution in [1.29, 1.82) is 0 Å². The average Bonchev–Trinajstić information content (AvgIpc) is 3.30. The van der Waals surface area contributed by atoms with Crippen LogP contribution in [0.2, 0.25) is 5.02 Å². The highest BCUT2D eigenvalue weighted by Crippen LogP contribution is 2.27. The van der Waals surface area contributed by atoms with E-state index in [0.717, 1.165) is 60.1 Å². The van der Waals surface area contributed by atoms with Crippen molar-refractivity contribution in [3.63, 3.8) is 0 Å². The molecule has 0 bridgehead atoms. The molecular weight excluding hydrogens is 572 g/mol. The van der Waals surface area contributed by atoms with Gasteiger partial charge in [-0.25, -0.2) is 0 Å². The number of Topliss-reactive ketones (excluding diaryl/α,β-unsaturated/α-hetero) is 2. The molecule has 1 fully saturated rings. The summed E-state index contributed by atoms with van der Waals surface area (Å²) in [7, 11) is 3.86. The molecule has 2 aromatic rings. The summed E-state index contributed by atoms with van der Waals surface area (Å²) < 4.78 is 1.83. The largest absolute Gasteiger partial charge is 0.349 e. The maximum atomic E-state index is 12.8. The number of amides is 1. The van der Waals surface area contributed by atoms with Gasteiger partial charge in [-0.1, -0.05) is 44.9 Å². The lowest BCUT2D eigenvalue weighted by Gasteiger charge is -2.26. The van der Waals surface area contributed by atoms with E-state index >= 15 is 0 Å². The topological polar surface area (TPSA) is 83.8 Å². The summed E-state index contributed by atoms with van der Waals surface area (Å²) >= 11 is 6.11. The molecule has 246 valence electrons. The third-order valence-electron chi connectivity index (χ3n) is 7.62. The van der Waals surface area contributed by atoms with Crippen molar-refractivity contribution >= 4 is 46.2 Å². The molecule has 1 N–H and O–H groups in total. The van der Waals surface area contributed by atoms with Crippen molar-refractivity contribution in [2.75, 3.05) is 27.2 Å². The Morgan fingerprint density at radius 1 is 1.02 bits per heavy atom. The van der Waals surface area contributed by atoms with Crippen molar-refractivity contribution in [3.05, 3.63) is 46.1 Å². The molecule has 1 amide bonds. The van der Waals surface area contributed by atoms with Gasteiger partial charge in [0.25, 0.3) is 5.91 Å². The molecular formula is C36H57ClN4O3. The summed E-state index contributed by atoms with van der Waals surface area (Å²) in [6.45, 7) is 16.9. The fourth-order valence-electron chi connectivity index (χ4n) is 5.33. The zero-order valence-corrected chi connectivity index (χ0v) is 29.5. The number of hydrogen-bond acceptors (Lipinski definition) is 5. The molecule has 0 spiro atoms. The van der Waals surface area contributed by atoms with Crippen molar-refractivity contribution in [1.82, 2.24) is 14.8 Å². The summed E-state index contributed by atoms with van der Waals surface area (Å²) in [4.78, 5) is 41.9. The van der Waals surface area contributed by atoms with E-state index in [-0.39, 0.29) is 30.1 Å². The molecule has 8 heteroatoms. The van der Waals surface area contributed by atoms with Crippen LogP contribution < -0.4 is 5.32 Å². The molecule has 0 unspecified atom stereocenters. The smallest absolute Gasteiger partial charge is 0.253 e. The summed E-state index contributed by atoms with van der Waals surface area (Å²) in [5, 5.41) is 4.54. The minimum Gasteiger partial charge on any atom is -0.349 e. The van der Waals surface area contributed by atoms with Gasteiger partial charge in [0, 0.05) is 53.4 Å². The molecule has 44 heavy (non-hydrogen) atoms. The predicted molar refractivity (Wildman–Crippen MR) is 187 cm³/mol. The number of carbonyl (C=O) groups is 3. The van der Waals surface area contributed by atoms with Crippen LogP contribution in [0.3, 0.4) is 0 Å². The molecule has 1 aliphatic rings. The number of nitrogens with zero attached hydrogens (tertiary/aromatic N) is 3. The molecule has 1 heterocycles. The van der Waals surface area contributed by atoms with Crippen molar-refractivity contribution in [2.45, 2.75) is 112 Å². The highest BCUT2D eigenvalue weighted by molar-refractivity contribution is 6.31. The molecule has 1 aliphatic carbocycles. The molecule has 3 rings (SSSR count). The zero-order valence-electron chi connectivity index (χ0n) is 28.8.